The van der Waals surface area contributed by atoms with E-state index in [2.05, 4.69) is 29.5 Å². The largest absolute Gasteiger partial charge is 0.385 e. The average molecular weight is 411 g/mol. The van der Waals surface area contributed by atoms with E-state index in [1.165, 1.54) is 32.1 Å². The Labute approximate surface area is 147 Å². The number of hydrogen-bond acceptors (Lipinski definition) is 2. The van der Waals surface area contributed by atoms with E-state index in [0.29, 0.717) is 6.04 Å². The van der Waals surface area contributed by atoms with Crippen LogP contribution in [0.2, 0.25) is 0 Å². The third-order valence-corrected chi connectivity index (χ3v) is 3.98. The smallest absolute Gasteiger partial charge is 0.191 e. The molecule has 0 amide bonds. The molecule has 0 aromatic heterocycles. The summed E-state index contributed by atoms with van der Waals surface area (Å²) in [5.74, 6) is 1.90. The molecule has 0 aromatic carbocycles. The Kier molecular flexibility index (Phi) is 13.6. The molecular weight excluding hydrogens is 377 g/mol. The molecule has 1 aliphatic carbocycles. The normalized spacial score (nSPS) is 22.5. The lowest BCUT2D eigenvalue weighted by molar-refractivity contribution is 0.192. The summed E-state index contributed by atoms with van der Waals surface area (Å²) in [5, 5.41) is 6.95. The fourth-order valence-electron chi connectivity index (χ4n) is 2.64. The van der Waals surface area contributed by atoms with Crippen molar-refractivity contribution in [3.8, 4) is 0 Å². The summed E-state index contributed by atoms with van der Waals surface area (Å²) in [6, 6.07) is 0.609. The molecule has 0 heterocycles. The molecular formula is C16H34IN3O. The molecule has 2 N–H and O–H groups in total. The van der Waals surface area contributed by atoms with Crippen molar-refractivity contribution in [3.05, 3.63) is 0 Å². The highest BCUT2D eigenvalue weighted by molar-refractivity contribution is 14.0. The summed E-state index contributed by atoms with van der Waals surface area (Å²) < 4.78 is 5.06. The number of unbranched alkanes of at least 4 members (excludes halogenated alkanes) is 2. The van der Waals surface area contributed by atoms with Crippen LogP contribution < -0.4 is 10.6 Å². The molecule has 0 unspecified atom stereocenters. The van der Waals surface area contributed by atoms with Gasteiger partial charge in [0.2, 0.25) is 0 Å². The minimum Gasteiger partial charge on any atom is -0.385 e. The first-order valence-electron chi connectivity index (χ1n) is 8.30. The molecule has 1 saturated carbocycles. The highest BCUT2D eigenvalue weighted by Gasteiger charge is 2.18. The van der Waals surface area contributed by atoms with Crippen molar-refractivity contribution in [3.63, 3.8) is 0 Å². The first kappa shape index (κ1) is 21.0. The maximum atomic E-state index is 5.06. The molecule has 21 heavy (non-hydrogen) atoms. The molecule has 1 rings (SSSR count). The molecule has 4 nitrogen and oxygen atoms in total. The van der Waals surface area contributed by atoms with Crippen LogP contribution in [0.15, 0.2) is 4.99 Å². The molecule has 0 bridgehead atoms. The van der Waals surface area contributed by atoms with E-state index < -0.39 is 0 Å². The molecule has 1 aliphatic rings. The molecule has 1 fully saturated rings. The van der Waals surface area contributed by atoms with Crippen molar-refractivity contribution >= 4 is 29.9 Å². The van der Waals surface area contributed by atoms with Crippen molar-refractivity contribution in [1.29, 1.82) is 0 Å². The summed E-state index contributed by atoms with van der Waals surface area (Å²) in [4.78, 5) is 4.68. The van der Waals surface area contributed by atoms with Crippen molar-refractivity contribution in [2.45, 2.75) is 64.8 Å². The third kappa shape index (κ3) is 10.3. The van der Waals surface area contributed by atoms with Crippen molar-refractivity contribution < 1.29 is 4.74 Å². The number of aliphatic imine (C=N–C) groups is 1. The van der Waals surface area contributed by atoms with Crippen LogP contribution in [-0.2, 0) is 4.74 Å². The second kappa shape index (κ2) is 13.6. The predicted molar refractivity (Wildman–Crippen MR) is 102 cm³/mol. The van der Waals surface area contributed by atoms with E-state index in [4.69, 9.17) is 4.74 Å². The van der Waals surface area contributed by atoms with Gasteiger partial charge in [0.15, 0.2) is 5.96 Å². The Balaban J connectivity index is 0.00000400. The van der Waals surface area contributed by atoms with E-state index in [-0.39, 0.29) is 24.0 Å². The van der Waals surface area contributed by atoms with Gasteiger partial charge in [-0.25, -0.2) is 0 Å². The molecule has 0 atom stereocenters. The first-order chi connectivity index (χ1) is 9.76. The van der Waals surface area contributed by atoms with Gasteiger partial charge in [0.1, 0.15) is 0 Å². The highest BCUT2D eigenvalue weighted by Crippen LogP contribution is 2.23. The van der Waals surface area contributed by atoms with Crippen LogP contribution in [0, 0.1) is 5.92 Å². The van der Waals surface area contributed by atoms with Gasteiger partial charge in [-0.1, -0.05) is 6.92 Å². The summed E-state index contributed by atoms with van der Waals surface area (Å²) in [7, 11) is 1.76. The van der Waals surface area contributed by atoms with Gasteiger partial charge in [0.25, 0.3) is 0 Å². The van der Waals surface area contributed by atoms with Gasteiger partial charge < -0.3 is 15.4 Å². The number of ether oxygens (including phenoxy) is 1. The Morgan fingerprint density at radius 2 is 1.86 bits per heavy atom. The van der Waals surface area contributed by atoms with Gasteiger partial charge in [-0.15, -0.1) is 24.0 Å². The van der Waals surface area contributed by atoms with E-state index in [0.717, 1.165) is 44.4 Å². The second-order valence-corrected chi connectivity index (χ2v) is 5.92. The Hall–Kier alpha value is -0.0400. The summed E-state index contributed by atoms with van der Waals surface area (Å²) in [5.41, 5.74) is 0. The van der Waals surface area contributed by atoms with Crippen LogP contribution in [0.25, 0.3) is 0 Å². The van der Waals surface area contributed by atoms with Gasteiger partial charge in [-0.3, -0.25) is 4.99 Å². The average Bonchev–Trinajstić information content (AvgIpc) is 2.45. The number of hydrogen-bond donors (Lipinski definition) is 2. The zero-order valence-electron chi connectivity index (χ0n) is 14.0. The number of guanidine groups is 1. The first-order valence-corrected chi connectivity index (χ1v) is 8.30. The van der Waals surface area contributed by atoms with Gasteiger partial charge >= 0.3 is 0 Å². The van der Waals surface area contributed by atoms with Crippen LogP contribution in [0.4, 0.5) is 0 Å². The maximum Gasteiger partial charge on any atom is 0.191 e. The Morgan fingerprint density at radius 1 is 1.14 bits per heavy atom. The standard InChI is InChI=1S/C16H33N3O.HI/c1-4-17-16(18-12-6-5-7-13-20-3)19-15-10-8-14(2)9-11-15;/h14-15H,4-13H2,1-3H3,(H2,17,18,19);1H. The molecule has 0 spiro atoms. The van der Waals surface area contributed by atoms with E-state index in [9.17, 15) is 0 Å². The number of methoxy groups -OCH3 is 1. The third-order valence-electron chi connectivity index (χ3n) is 3.98. The zero-order valence-corrected chi connectivity index (χ0v) is 16.3. The van der Waals surface area contributed by atoms with Crippen LogP contribution in [-0.4, -0.2) is 38.8 Å². The summed E-state index contributed by atoms with van der Waals surface area (Å²) in [6.07, 6.45) is 8.71. The minimum absolute atomic E-state index is 0. The molecule has 0 radical (unpaired) electrons. The zero-order chi connectivity index (χ0) is 14.6. The van der Waals surface area contributed by atoms with Gasteiger partial charge in [0.05, 0.1) is 0 Å². The molecule has 126 valence electrons. The lowest BCUT2D eigenvalue weighted by Gasteiger charge is -2.28. The maximum absolute atomic E-state index is 5.06. The number of nitrogens with zero attached hydrogens (tertiary/aromatic N) is 1. The van der Waals surface area contributed by atoms with Crippen molar-refractivity contribution in [2.75, 3.05) is 26.8 Å². The fraction of sp³-hybridized carbons (Fsp3) is 0.938. The van der Waals surface area contributed by atoms with Crippen LogP contribution in [0.1, 0.15) is 58.8 Å². The second-order valence-electron chi connectivity index (χ2n) is 5.92. The molecule has 0 aliphatic heterocycles. The highest BCUT2D eigenvalue weighted by atomic mass is 127. The number of nitrogens with one attached hydrogen (secondary N) is 2. The molecule has 0 saturated heterocycles. The van der Waals surface area contributed by atoms with Gasteiger partial charge in [0, 0.05) is 32.8 Å². The monoisotopic (exact) mass is 411 g/mol. The minimum atomic E-state index is 0. The SMILES string of the molecule is CCNC(=NCCCCCOC)NC1CCC(C)CC1.I. The Morgan fingerprint density at radius 3 is 2.48 bits per heavy atom. The number of halogens is 1. The quantitative estimate of drug-likeness (QED) is 0.278. The van der Waals surface area contributed by atoms with Gasteiger partial charge in [-0.2, -0.15) is 0 Å². The summed E-state index contributed by atoms with van der Waals surface area (Å²) >= 11 is 0. The van der Waals surface area contributed by atoms with Crippen LogP contribution >= 0.6 is 24.0 Å². The topological polar surface area (TPSA) is 45.7 Å². The lowest BCUT2D eigenvalue weighted by atomic mass is 9.87. The van der Waals surface area contributed by atoms with Crippen LogP contribution in [0.5, 0.6) is 0 Å². The fourth-order valence-corrected chi connectivity index (χ4v) is 2.64. The van der Waals surface area contributed by atoms with Crippen molar-refractivity contribution in [1.82, 2.24) is 10.6 Å². The van der Waals surface area contributed by atoms with Gasteiger partial charge in [-0.05, 0) is 57.8 Å². The number of rotatable bonds is 8. The lowest BCUT2D eigenvalue weighted by Crippen LogP contribution is -2.44. The van der Waals surface area contributed by atoms with E-state index >= 15 is 0 Å². The van der Waals surface area contributed by atoms with E-state index in [1.807, 2.05) is 0 Å². The Bertz CT molecular complexity index is 266. The molecule has 5 heteroatoms. The molecule has 0 aromatic rings. The van der Waals surface area contributed by atoms with Crippen LogP contribution in [0.3, 0.4) is 0 Å². The predicted octanol–water partition coefficient (Wildman–Crippen LogP) is 3.55. The summed E-state index contributed by atoms with van der Waals surface area (Å²) in [6.45, 7) is 7.18. The van der Waals surface area contributed by atoms with Crippen molar-refractivity contribution in [2.24, 2.45) is 10.9 Å². The van der Waals surface area contributed by atoms with E-state index in [1.54, 1.807) is 7.11 Å².